The average Bonchev–Trinajstić information content (AvgIpc) is 2.72. The summed E-state index contributed by atoms with van der Waals surface area (Å²) < 4.78 is 24.4. The molecule has 2 saturated heterocycles. The molecule has 1 atom stereocenters. The van der Waals surface area contributed by atoms with Crippen LogP contribution in [0.1, 0.15) is 26.2 Å². The predicted molar refractivity (Wildman–Crippen MR) is 66.4 cm³/mol. The Morgan fingerprint density at radius 3 is 2.56 bits per heavy atom. The Hall–Kier alpha value is -0.660. The number of aliphatic hydroxyl groups is 1. The van der Waals surface area contributed by atoms with Gasteiger partial charge in [-0.05, 0) is 19.3 Å². The number of nitrogens with zero attached hydrogens (tertiary/aromatic N) is 2. The molecule has 0 aromatic heterocycles. The fourth-order valence-electron chi connectivity index (χ4n) is 2.64. The van der Waals surface area contributed by atoms with Crippen LogP contribution in [-0.4, -0.2) is 66.2 Å². The molecule has 7 heteroatoms. The molecule has 0 spiro atoms. The molecule has 18 heavy (non-hydrogen) atoms. The van der Waals surface area contributed by atoms with Gasteiger partial charge >= 0.3 is 0 Å². The molecule has 1 amide bonds. The fraction of sp³-hybridized carbons (Fsp3) is 0.909. The Morgan fingerprint density at radius 2 is 2.06 bits per heavy atom. The second kappa shape index (κ2) is 4.47. The summed E-state index contributed by atoms with van der Waals surface area (Å²) in [4.78, 5) is 13.8. The van der Waals surface area contributed by atoms with E-state index in [1.54, 1.807) is 4.90 Å². The predicted octanol–water partition coefficient (Wildman–Crippen LogP) is -0.606. The van der Waals surface area contributed by atoms with E-state index in [1.807, 2.05) is 6.92 Å². The number of β-amino-alcohol motifs (C(OH)–C–C–N with tert-alkyl or cyclic N) is 1. The second-order valence-corrected chi connectivity index (χ2v) is 7.24. The summed E-state index contributed by atoms with van der Waals surface area (Å²) in [6.45, 7) is 2.92. The summed E-state index contributed by atoms with van der Waals surface area (Å²) in [5.74, 6) is -0.170. The van der Waals surface area contributed by atoms with Gasteiger partial charge in [-0.1, -0.05) is 6.92 Å². The Bertz CT molecular complexity index is 442. The van der Waals surface area contributed by atoms with Gasteiger partial charge in [0.15, 0.2) is 0 Å². The third-order valence-electron chi connectivity index (χ3n) is 3.85. The van der Waals surface area contributed by atoms with Crippen LogP contribution >= 0.6 is 0 Å². The van der Waals surface area contributed by atoms with E-state index >= 15 is 0 Å². The van der Waals surface area contributed by atoms with Gasteiger partial charge in [-0.25, -0.2) is 8.42 Å². The average molecular weight is 276 g/mol. The van der Waals surface area contributed by atoms with Crippen LogP contribution in [0.3, 0.4) is 0 Å². The highest BCUT2D eigenvalue weighted by Crippen LogP contribution is 2.29. The highest BCUT2D eigenvalue weighted by Gasteiger charge is 2.46. The molecule has 2 fully saturated rings. The lowest BCUT2D eigenvalue weighted by molar-refractivity contribution is -0.159. The number of amides is 1. The molecular formula is C11H20N2O4S. The number of carbonyl (C=O) groups is 1. The van der Waals surface area contributed by atoms with Gasteiger partial charge in [0.05, 0.1) is 24.9 Å². The van der Waals surface area contributed by atoms with Crippen LogP contribution in [-0.2, 0) is 14.8 Å². The van der Waals surface area contributed by atoms with E-state index in [2.05, 4.69) is 0 Å². The number of hydrogen-bond donors (Lipinski definition) is 1. The Labute approximate surface area is 108 Å². The summed E-state index contributed by atoms with van der Waals surface area (Å²) in [6.07, 6.45) is 3.04. The van der Waals surface area contributed by atoms with Crippen molar-refractivity contribution in [2.75, 3.05) is 25.9 Å². The molecule has 1 unspecified atom stereocenters. The normalized spacial score (nSPS) is 28.2. The third kappa shape index (κ3) is 2.39. The molecule has 0 saturated carbocycles. The van der Waals surface area contributed by atoms with E-state index in [0.717, 1.165) is 12.7 Å². The second-order valence-electron chi connectivity index (χ2n) is 5.30. The maximum absolute atomic E-state index is 12.2. The summed E-state index contributed by atoms with van der Waals surface area (Å²) >= 11 is 0. The molecule has 0 bridgehead atoms. The van der Waals surface area contributed by atoms with Gasteiger partial charge in [-0.3, -0.25) is 4.79 Å². The number of rotatable bonds is 3. The van der Waals surface area contributed by atoms with Crippen molar-refractivity contribution in [2.24, 2.45) is 0 Å². The van der Waals surface area contributed by atoms with Crippen LogP contribution in [0.4, 0.5) is 0 Å². The zero-order valence-electron chi connectivity index (χ0n) is 10.8. The van der Waals surface area contributed by atoms with Crippen LogP contribution in [0.15, 0.2) is 0 Å². The van der Waals surface area contributed by atoms with Crippen molar-refractivity contribution in [2.45, 2.75) is 37.8 Å². The lowest BCUT2D eigenvalue weighted by Crippen LogP contribution is -2.65. The topological polar surface area (TPSA) is 77.9 Å². The summed E-state index contributed by atoms with van der Waals surface area (Å²) in [5.41, 5.74) is -0.774. The zero-order valence-corrected chi connectivity index (χ0v) is 11.6. The SMILES string of the molecule is CCC1(O)CN(C(=O)C2CCCN2S(C)(=O)=O)C1. The van der Waals surface area contributed by atoms with E-state index < -0.39 is 21.7 Å². The number of carbonyl (C=O) groups excluding carboxylic acids is 1. The van der Waals surface area contributed by atoms with Crippen molar-refractivity contribution < 1.29 is 18.3 Å². The van der Waals surface area contributed by atoms with Crippen molar-refractivity contribution in [1.29, 1.82) is 0 Å². The van der Waals surface area contributed by atoms with Gasteiger partial charge in [0.25, 0.3) is 0 Å². The monoisotopic (exact) mass is 276 g/mol. The van der Waals surface area contributed by atoms with Gasteiger partial charge in [0.1, 0.15) is 6.04 Å². The first-order chi connectivity index (χ1) is 8.27. The van der Waals surface area contributed by atoms with E-state index in [4.69, 9.17) is 0 Å². The molecule has 0 aromatic rings. The number of hydrogen-bond acceptors (Lipinski definition) is 4. The summed E-state index contributed by atoms with van der Waals surface area (Å²) in [5, 5.41) is 9.88. The van der Waals surface area contributed by atoms with Crippen LogP contribution < -0.4 is 0 Å². The van der Waals surface area contributed by atoms with E-state index in [1.165, 1.54) is 4.31 Å². The Kier molecular flexibility index (Phi) is 3.42. The quantitative estimate of drug-likeness (QED) is 0.746. The first-order valence-corrected chi connectivity index (χ1v) is 8.10. The van der Waals surface area contributed by atoms with Crippen molar-refractivity contribution in [3.63, 3.8) is 0 Å². The van der Waals surface area contributed by atoms with Crippen molar-refractivity contribution in [3.8, 4) is 0 Å². The zero-order chi connectivity index (χ0) is 13.6. The van der Waals surface area contributed by atoms with Crippen LogP contribution in [0, 0.1) is 0 Å². The maximum Gasteiger partial charge on any atom is 0.241 e. The largest absolute Gasteiger partial charge is 0.386 e. The molecule has 1 N–H and O–H groups in total. The van der Waals surface area contributed by atoms with Crippen LogP contribution in [0.25, 0.3) is 0 Å². The first-order valence-electron chi connectivity index (χ1n) is 6.25. The molecular weight excluding hydrogens is 256 g/mol. The van der Waals surface area contributed by atoms with E-state index in [-0.39, 0.29) is 5.91 Å². The Balaban J connectivity index is 2.02. The lowest BCUT2D eigenvalue weighted by atomic mass is 9.90. The van der Waals surface area contributed by atoms with Gasteiger partial charge in [-0.2, -0.15) is 4.31 Å². The lowest BCUT2D eigenvalue weighted by Gasteiger charge is -2.47. The van der Waals surface area contributed by atoms with Gasteiger partial charge in [-0.15, -0.1) is 0 Å². The van der Waals surface area contributed by atoms with Crippen molar-refractivity contribution >= 4 is 15.9 Å². The van der Waals surface area contributed by atoms with Crippen molar-refractivity contribution in [3.05, 3.63) is 0 Å². The molecule has 104 valence electrons. The standard InChI is InChI=1S/C11H20N2O4S/c1-3-11(15)7-12(8-11)10(14)9-5-4-6-13(9)18(2,16)17/h9,15H,3-8H2,1-2H3. The summed E-state index contributed by atoms with van der Waals surface area (Å²) in [7, 11) is -3.33. The van der Waals surface area contributed by atoms with Gasteiger partial charge in [0, 0.05) is 6.54 Å². The molecule has 2 rings (SSSR count). The number of sulfonamides is 1. The molecule has 2 heterocycles. The molecule has 0 radical (unpaired) electrons. The molecule has 0 aromatic carbocycles. The molecule has 2 aliphatic rings. The highest BCUT2D eigenvalue weighted by atomic mass is 32.2. The fourth-order valence-corrected chi connectivity index (χ4v) is 3.76. The third-order valence-corrected chi connectivity index (χ3v) is 5.14. The van der Waals surface area contributed by atoms with Crippen LogP contribution in [0.2, 0.25) is 0 Å². The minimum absolute atomic E-state index is 0.170. The molecule has 6 nitrogen and oxygen atoms in total. The number of likely N-dealkylation sites (tertiary alicyclic amines) is 1. The van der Waals surface area contributed by atoms with Crippen LogP contribution in [0.5, 0.6) is 0 Å². The van der Waals surface area contributed by atoms with E-state index in [9.17, 15) is 18.3 Å². The minimum Gasteiger partial charge on any atom is -0.386 e. The van der Waals surface area contributed by atoms with E-state index in [0.29, 0.717) is 32.5 Å². The maximum atomic E-state index is 12.2. The van der Waals surface area contributed by atoms with Gasteiger partial charge < -0.3 is 10.0 Å². The van der Waals surface area contributed by atoms with Crippen molar-refractivity contribution in [1.82, 2.24) is 9.21 Å². The Morgan fingerprint density at radius 1 is 1.44 bits per heavy atom. The van der Waals surface area contributed by atoms with Gasteiger partial charge in [0.2, 0.25) is 15.9 Å². The summed E-state index contributed by atoms with van der Waals surface area (Å²) in [6, 6.07) is -0.568. The minimum atomic E-state index is -3.33. The highest BCUT2D eigenvalue weighted by molar-refractivity contribution is 7.88. The molecule has 0 aliphatic carbocycles. The smallest absolute Gasteiger partial charge is 0.241 e. The molecule has 2 aliphatic heterocycles. The first kappa shape index (κ1) is 13.8.